The van der Waals surface area contributed by atoms with Gasteiger partial charge >= 0.3 is 5.97 Å². The average Bonchev–Trinajstić information content (AvgIpc) is 2.61. The number of methoxy groups -OCH3 is 1. The number of halogens is 1. The third-order valence-electron chi connectivity index (χ3n) is 3.82. The lowest BCUT2D eigenvalue weighted by molar-refractivity contribution is -0.114. The molecule has 0 bridgehead atoms. The van der Waals surface area contributed by atoms with Crippen LogP contribution in [0.1, 0.15) is 15.9 Å². The van der Waals surface area contributed by atoms with Crippen molar-refractivity contribution in [2.24, 2.45) is 0 Å². The fourth-order valence-electron chi connectivity index (χ4n) is 2.43. The van der Waals surface area contributed by atoms with Crippen molar-refractivity contribution < 1.29 is 22.7 Å². The predicted octanol–water partition coefficient (Wildman–Crippen LogP) is 2.84. The lowest BCUT2D eigenvalue weighted by Gasteiger charge is -2.22. The summed E-state index contributed by atoms with van der Waals surface area (Å²) in [6.45, 7) is 1.23. The van der Waals surface area contributed by atoms with Crippen molar-refractivity contribution in [3.05, 3.63) is 58.6 Å². The van der Waals surface area contributed by atoms with Gasteiger partial charge in [-0.2, -0.15) is 0 Å². The van der Waals surface area contributed by atoms with Crippen LogP contribution in [0.25, 0.3) is 0 Å². The van der Waals surface area contributed by atoms with Crippen LogP contribution in [-0.2, 0) is 19.6 Å². The highest BCUT2D eigenvalue weighted by molar-refractivity contribution is 7.92. The Morgan fingerprint density at radius 2 is 1.78 bits per heavy atom. The second-order valence-electron chi connectivity index (χ2n) is 5.76. The molecule has 0 heterocycles. The monoisotopic (exact) mass is 410 g/mol. The van der Waals surface area contributed by atoms with E-state index in [0.29, 0.717) is 27.5 Å². The first kappa shape index (κ1) is 20.7. The highest BCUT2D eigenvalue weighted by Crippen LogP contribution is 2.22. The summed E-state index contributed by atoms with van der Waals surface area (Å²) >= 11 is 5.83. The van der Waals surface area contributed by atoms with Crippen molar-refractivity contribution in [1.29, 1.82) is 0 Å². The number of anilines is 2. The fourth-order valence-corrected chi connectivity index (χ4v) is 3.41. The zero-order valence-electron chi connectivity index (χ0n) is 15.0. The molecule has 0 radical (unpaired) electrons. The van der Waals surface area contributed by atoms with Crippen molar-refractivity contribution in [2.45, 2.75) is 6.92 Å². The average molecular weight is 411 g/mol. The molecule has 0 aliphatic heterocycles. The van der Waals surface area contributed by atoms with Gasteiger partial charge in [-0.3, -0.25) is 9.10 Å². The Kier molecular flexibility index (Phi) is 6.45. The Hall–Kier alpha value is -2.58. The van der Waals surface area contributed by atoms with Gasteiger partial charge in [-0.15, -0.1) is 0 Å². The van der Waals surface area contributed by atoms with E-state index in [0.717, 1.165) is 10.6 Å². The molecule has 2 rings (SSSR count). The number of hydrogen-bond donors (Lipinski definition) is 1. The highest BCUT2D eigenvalue weighted by Gasteiger charge is 2.21. The molecular formula is C18H19ClN2O5S. The van der Waals surface area contributed by atoms with Crippen LogP contribution >= 0.6 is 11.6 Å². The summed E-state index contributed by atoms with van der Waals surface area (Å²) in [7, 11) is -2.43. The van der Waals surface area contributed by atoms with E-state index in [1.54, 1.807) is 25.1 Å². The number of benzene rings is 2. The maximum atomic E-state index is 12.5. The summed E-state index contributed by atoms with van der Waals surface area (Å²) in [5.74, 6) is -1.08. The summed E-state index contributed by atoms with van der Waals surface area (Å²) in [5.41, 5.74) is 1.55. The van der Waals surface area contributed by atoms with Gasteiger partial charge in [-0.05, 0) is 48.9 Å². The van der Waals surface area contributed by atoms with Crippen LogP contribution in [0.15, 0.2) is 42.5 Å². The van der Waals surface area contributed by atoms with E-state index in [1.165, 1.54) is 31.4 Å². The largest absolute Gasteiger partial charge is 0.465 e. The van der Waals surface area contributed by atoms with Gasteiger partial charge in [0.15, 0.2) is 0 Å². The molecule has 1 N–H and O–H groups in total. The number of ether oxygens (including phenoxy) is 1. The summed E-state index contributed by atoms with van der Waals surface area (Å²) in [6, 6.07) is 10.9. The van der Waals surface area contributed by atoms with E-state index in [1.807, 2.05) is 0 Å². The SMILES string of the molecule is COC(=O)c1cccc(NC(=O)CN(c2ccc(Cl)cc2)S(C)(=O)=O)c1C. The number of esters is 1. The Morgan fingerprint density at radius 1 is 1.15 bits per heavy atom. The van der Waals surface area contributed by atoms with Gasteiger partial charge in [0.05, 0.1) is 24.6 Å². The Bertz CT molecular complexity index is 958. The molecule has 0 aliphatic carbocycles. The summed E-state index contributed by atoms with van der Waals surface area (Å²) in [4.78, 5) is 24.2. The summed E-state index contributed by atoms with van der Waals surface area (Å²) in [6.07, 6.45) is 1.01. The first-order valence-corrected chi connectivity index (χ1v) is 10.1. The second kappa shape index (κ2) is 8.41. The number of hydrogen-bond acceptors (Lipinski definition) is 5. The molecular weight excluding hydrogens is 392 g/mol. The normalized spacial score (nSPS) is 11.0. The van der Waals surface area contributed by atoms with Crippen LogP contribution in [-0.4, -0.2) is 40.2 Å². The zero-order valence-corrected chi connectivity index (χ0v) is 16.6. The van der Waals surface area contributed by atoms with Crippen molar-refractivity contribution in [2.75, 3.05) is 29.5 Å². The molecule has 0 fully saturated rings. The Balaban J connectivity index is 2.25. The topological polar surface area (TPSA) is 92.8 Å². The standard InChI is InChI=1S/C18H19ClN2O5S/c1-12-15(18(23)26-2)5-4-6-16(12)20-17(22)11-21(27(3,24)25)14-9-7-13(19)8-10-14/h4-10H,11H2,1-3H3,(H,20,22). The van der Waals surface area contributed by atoms with E-state index < -0.39 is 28.4 Å². The molecule has 0 saturated carbocycles. The van der Waals surface area contributed by atoms with Crippen LogP contribution in [0, 0.1) is 6.92 Å². The summed E-state index contributed by atoms with van der Waals surface area (Å²) < 4.78 is 29.9. The molecule has 27 heavy (non-hydrogen) atoms. The number of rotatable bonds is 6. The minimum atomic E-state index is -3.70. The zero-order chi connectivity index (χ0) is 20.2. The molecule has 2 aromatic rings. The number of carbonyl (C=O) groups is 2. The predicted molar refractivity (Wildman–Crippen MR) is 105 cm³/mol. The number of nitrogens with zero attached hydrogens (tertiary/aromatic N) is 1. The molecule has 0 aliphatic rings. The van der Waals surface area contributed by atoms with Crippen molar-refractivity contribution in [3.8, 4) is 0 Å². The van der Waals surface area contributed by atoms with E-state index in [4.69, 9.17) is 16.3 Å². The molecule has 0 saturated heterocycles. The van der Waals surface area contributed by atoms with Crippen LogP contribution in [0.4, 0.5) is 11.4 Å². The first-order valence-electron chi connectivity index (χ1n) is 7.84. The van der Waals surface area contributed by atoms with Gasteiger partial charge in [0.25, 0.3) is 0 Å². The Labute approximate surface area is 162 Å². The molecule has 0 spiro atoms. The van der Waals surface area contributed by atoms with E-state index in [2.05, 4.69) is 5.32 Å². The van der Waals surface area contributed by atoms with E-state index in [9.17, 15) is 18.0 Å². The molecule has 144 valence electrons. The maximum Gasteiger partial charge on any atom is 0.338 e. The number of amides is 1. The second-order valence-corrected chi connectivity index (χ2v) is 8.11. The first-order chi connectivity index (χ1) is 12.6. The van der Waals surface area contributed by atoms with Gasteiger partial charge in [0.1, 0.15) is 6.54 Å². The number of nitrogens with one attached hydrogen (secondary N) is 1. The third-order valence-corrected chi connectivity index (χ3v) is 5.21. The minimum Gasteiger partial charge on any atom is -0.465 e. The molecule has 9 heteroatoms. The molecule has 1 amide bonds. The van der Waals surface area contributed by atoms with Crippen LogP contribution < -0.4 is 9.62 Å². The van der Waals surface area contributed by atoms with E-state index >= 15 is 0 Å². The summed E-state index contributed by atoms with van der Waals surface area (Å²) in [5, 5.41) is 3.09. The lowest BCUT2D eigenvalue weighted by atomic mass is 10.1. The number of sulfonamides is 1. The Morgan fingerprint density at radius 3 is 2.33 bits per heavy atom. The third kappa shape index (κ3) is 5.21. The van der Waals surface area contributed by atoms with Crippen molar-refractivity contribution in [3.63, 3.8) is 0 Å². The molecule has 0 unspecified atom stereocenters. The quantitative estimate of drug-likeness (QED) is 0.739. The van der Waals surface area contributed by atoms with E-state index in [-0.39, 0.29) is 0 Å². The molecule has 2 aromatic carbocycles. The van der Waals surface area contributed by atoms with Crippen molar-refractivity contribution in [1.82, 2.24) is 0 Å². The van der Waals surface area contributed by atoms with Crippen LogP contribution in [0.3, 0.4) is 0 Å². The maximum absolute atomic E-state index is 12.5. The van der Waals surface area contributed by atoms with Gasteiger partial charge in [-0.25, -0.2) is 13.2 Å². The van der Waals surface area contributed by atoms with Gasteiger partial charge in [0, 0.05) is 10.7 Å². The van der Waals surface area contributed by atoms with Gasteiger partial charge < -0.3 is 10.1 Å². The van der Waals surface area contributed by atoms with Crippen LogP contribution in [0.5, 0.6) is 0 Å². The molecule has 0 aromatic heterocycles. The molecule has 7 nitrogen and oxygen atoms in total. The van der Waals surface area contributed by atoms with Gasteiger partial charge in [-0.1, -0.05) is 17.7 Å². The minimum absolute atomic E-state index is 0.313. The smallest absolute Gasteiger partial charge is 0.338 e. The van der Waals surface area contributed by atoms with Crippen LogP contribution in [0.2, 0.25) is 5.02 Å². The number of carbonyl (C=O) groups excluding carboxylic acids is 2. The lowest BCUT2D eigenvalue weighted by Crippen LogP contribution is -2.37. The highest BCUT2D eigenvalue weighted by atomic mass is 35.5. The van der Waals surface area contributed by atoms with Gasteiger partial charge in [0.2, 0.25) is 15.9 Å². The molecule has 0 atom stereocenters. The fraction of sp³-hybridized carbons (Fsp3) is 0.222. The van der Waals surface area contributed by atoms with Crippen molar-refractivity contribution >= 4 is 44.9 Å².